The van der Waals surface area contributed by atoms with Gasteiger partial charge in [0.15, 0.2) is 11.4 Å². The van der Waals surface area contributed by atoms with E-state index in [2.05, 4.69) is 26.8 Å². The number of rotatable bonds is 1. The van der Waals surface area contributed by atoms with Gasteiger partial charge in [-0.3, -0.25) is 4.79 Å². The Kier molecular flexibility index (Phi) is 2.96. The number of hydrogen-bond acceptors (Lipinski definition) is 3. The maximum Gasteiger partial charge on any atom is 0.165 e. The second kappa shape index (κ2) is 4.52. The second-order valence-electron chi connectivity index (χ2n) is 10.5. The number of aliphatic hydroxyl groups is 1. The molecule has 1 aliphatic heterocycles. The minimum atomic E-state index is -0.502. The largest absolute Gasteiger partial charge is 0.513 e. The quantitative estimate of drug-likeness (QED) is 0.695. The molecule has 1 saturated heterocycles. The van der Waals surface area contributed by atoms with Crippen LogP contribution < -0.4 is 0 Å². The van der Waals surface area contributed by atoms with Crippen LogP contribution in [0.1, 0.15) is 72.6 Å². The molecule has 8 atom stereocenters. The lowest BCUT2D eigenvalue weighted by Gasteiger charge is -2.59. The van der Waals surface area contributed by atoms with Gasteiger partial charge in [0, 0.05) is 11.8 Å². The van der Waals surface area contributed by atoms with Crippen LogP contribution in [0, 0.1) is 34.5 Å². The standard InChI is InChI=1S/C22H32O3/c1-13(23)22-20(3)10-8-17-16(18(20)12-21(22,4)25-22)6-5-14-11-15(24)7-9-19(14,17)2/h11,14,16-18,24H,5-10,12H2,1-4H3/t14-,16-,17-,18-,19+,20-,21-,22+/m1/s1. The molecule has 138 valence electrons. The van der Waals surface area contributed by atoms with Crippen molar-refractivity contribution in [2.24, 2.45) is 34.5 Å². The topological polar surface area (TPSA) is 49.8 Å². The SMILES string of the molecule is CC(=O)[C@@]12O[C@]1(C)C[C@@H]1[C@@H]3CC[C@@H]4C=C(O)CC[C@]4(C)[C@@H]3CC[C@]12C. The zero-order valence-electron chi connectivity index (χ0n) is 16.1. The van der Waals surface area contributed by atoms with E-state index < -0.39 is 5.60 Å². The van der Waals surface area contributed by atoms with Crippen molar-refractivity contribution in [1.29, 1.82) is 0 Å². The predicted molar refractivity (Wildman–Crippen MR) is 96.1 cm³/mol. The fraction of sp³-hybridized carbons (Fsp3) is 0.864. The number of fused-ring (bicyclic) bond motifs is 7. The fourth-order valence-electron chi connectivity index (χ4n) is 8.46. The predicted octanol–water partition coefficient (Wildman–Crippen LogP) is 4.81. The van der Waals surface area contributed by atoms with Gasteiger partial charge in [-0.1, -0.05) is 13.8 Å². The summed E-state index contributed by atoms with van der Waals surface area (Å²) < 4.78 is 6.20. The van der Waals surface area contributed by atoms with Crippen molar-refractivity contribution < 1.29 is 14.6 Å². The van der Waals surface area contributed by atoms with Crippen LogP contribution in [-0.2, 0) is 9.53 Å². The number of ketones is 1. The first-order chi connectivity index (χ1) is 11.7. The molecule has 0 bridgehead atoms. The molecular weight excluding hydrogens is 312 g/mol. The van der Waals surface area contributed by atoms with E-state index in [1.54, 1.807) is 6.92 Å². The third kappa shape index (κ3) is 1.66. The van der Waals surface area contributed by atoms with Crippen LogP contribution >= 0.6 is 0 Å². The molecule has 4 aliphatic carbocycles. The zero-order valence-corrected chi connectivity index (χ0v) is 16.1. The Balaban J connectivity index is 1.52. The Labute approximate surface area is 151 Å². The van der Waals surface area contributed by atoms with E-state index in [9.17, 15) is 9.90 Å². The van der Waals surface area contributed by atoms with Crippen molar-refractivity contribution in [2.45, 2.75) is 83.8 Å². The molecule has 0 aromatic carbocycles. The molecule has 1 heterocycles. The van der Waals surface area contributed by atoms with E-state index in [0.29, 0.717) is 23.0 Å². The molecule has 1 N–H and O–H groups in total. The lowest BCUT2D eigenvalue weighted by atomic mass is 9.45. The van der Waals surface area contributed by atoms with Gasteiger partial charge in [0.2, 0.25) is 0 Å². The summed E-state index contributed by atoms with van der Waals surface area (Å²) in [5, 5.41) is 10.0. The van der Waals surface area contributed by atoms with E-state index in [1.165, 1.54) is 19.3 Å². The maximum atomic E-state index is 12.6. The van der Waals surface area contributed by atoms with Gasteiger partial charge in [-0.05, 0) is 87.5 Å². The average molecular weight is 344 g/mol. The van der Waals surface area contributed by atoms with Crippen LogP contribution in [0.15, 0.2) is 11.8 Å². The third-order valence-corrected chi connectivity index (χ3v) is 9.64. The van der Waals surface area contributed by atoms with Crippen LogP contribution in [0.3, 0.4) is 0 Å². The lowest BCUT2D eigenvalue weighted by Crippen LogP contribution is -2.55. The second-order valence-corrected chi connectivity index (χ2v) is 10.5. The first-order valence-electron chi connectivity index (χ1n) is 10.3. The molecule has 0 unspecified atom stereocenters. The van der Waals surface area contributed by atoms with Crippen molar-refractivity contribution in [3.8, 4) is 0 Å². The Bertz CT molecular complexity index is 683. The summed E-state index contributed by atoms with van der Waals surface area (Å²) in [6.45, 7) is 8.77. The first kappa shape index (κ1) is 16.4. The van der Waals surface area contributed by atoms with E-state index in [0.717, 1.165) is 37.5 Å². The van der Waals surface area contributed by atoms with Gasteiger partial charge < -0.3 is 9.84 Å². The van der Waals surface area contributed by atoms with Gasteiger partial charge in [0.05, 0.1) is 5.76 Å². The van der Waals surface area contributed by atoms with Gasteiger partial charge >= 0.3 is 0 Å². The van der Waals surface area contributed by atoms with Crippen molar-refractivity contribution >= 4 is 5.78 Å². The molecule has 0 spiro atoms. The fourth-order valence-corrected chi connectivity index (χ4v) is 8.46. The Hall–Kier alpha value is -0.830. The van der Waals surface area contributed by atoms with E-state index in [4.69, 9.17) is 4.74 Å². The highest BCUT2D eigenvalue weighted by Gasteiger charge is 2.85. The summed E-state index contributed by atoms with van der Waals surface area (Å²) in [5.41, 5.74) is -0.368. The van der Waals surface area contributed by atoms with Crippen LogP contribution in [-0.4, -0.2) is 22.1 Å². The maximum absolute atomic E-state index is 12.6. The number of Topliss-reactive ketones (excluding diaryl/α,β-unsaturated/α-hetero) is 1. The summed E-state index contributed by atoms with van der Waals surface area (Å²) in [6.07, 6.45) is 9.97. The van der Waals surface area contributed by atoms with Crippen LogP contribution in [0.5, 0.6) is 0 Å². The molecule has 4 fully saturated rings. The Morgan fingerprint density at radius 1 is 1.16 bits per heavy atom. The minimum absolute atomic E-state index is 0.0184. The smallest absolute Gasteiger partial charge is 0.165 e. The molecular formula is C22H32O3. The van der Waals surface area contributed by atoms with Crippen LogP contribution in [0.4, 0.5) is 0 Å². The molecule has 3 saturated carbocycles. The third-order valence-electron chi connectivity index (χ3n) is 9.64. The highest BCUT2D eigenvalue weighted by Crippen LogP contribution is 2.77. The number of allylic oxidation sites excluding steroid dienone is 2. The number of aliphatic hydroxyl groups excluding tert-OH is 1. The van der Waals surface area contributed by atoms with Crippen LogP contribution in [0.2, 0.25) is 0 Å². The Morgan fingerprint density at radius 2 is 1.92 bits per heavy atom. The van der Waals surface area contributed by atoms with E-state index in [-0.39, 0.29) is 16.8 Å². The van der Waals surface area contributed by atoms with Crippen molar-refractivity contribution in [1.82, 2.24) is 0 Å². The van der Waals surface area contributed by atoms with E-state index >= 15 is 0 Å². The number of epoxide rings is 1. The molecule has 0 radical (unpaired) electrons. The number of carbonyl (C=O) groups is 1. The highest BCUT2D eigenvalue weighted by molar-refractivity contribution is 5.91. The lowest BCUT2D eigenvalue weighted by molar-refractivity contribution is -0.142. The number of ether oxygens (including phenoxy) is 1. The van der Waals surface area contributed by atoms with Crippen LogP contribution in [0.25, 0.3) is 0 Å². The zero-order chi connectivity index (χ0) is 17.8. The average Bonchev–Trinajstić information content (AvgIpc) is 3.13. The minimum Gasteiger partial charge on any atom is -0.513 e. The molecule has 25 heavy (non-hydrogen) atoms. The van der Waals surface area contributed by atoms with Crippen molar-refractivity contribution in [3.05, 3.63) is 11.8 Å². The number of hydrogen-bond donors (Lipinski definition) is 1. The highest BCUT2D eigenvalue weighted by atomic mass is 16.6. The van der Waals surface area contributed by atoms with Gasteiger partial charge in [-0.2, -0.15) is 0 Å². The van der Waals surface area contributed by atoms with Gasteiger partial charge in [0.1, 0.15) is 5.60 Å². The van der Waals surface area contributed by atoms with Crippen molar-refractivity contribution in [3.63, 3.8) is 0 Å². The molecule has 5 rings (SSSR count). The molecule has 0 aromatic rings. The first-order valence-corrected chi connectivity index (χ1v) is 10.3. The normalized spacial score (nSPS) is 59.1. The summed E-state index contributed by atoms with van der Waals surface area (Å²) in [5.74, 6) is 3.48. The monoisotopic (exact) mass is 344 g/mol. The molecule has 0 aromatic heterocycles. The summed E-state index contributed by atoms with van der Waals surface area (Å²) >= 11 is 0. The molecule has 0 amide bonds. The summed E-state index contributed by atoms with van der Waals surface area (Å²) in [6, 6.07) is 0. The number of carbonyl (C=O) groups excluding carboxylic acids is 1. The van der Waals surface area contributed by atoms with Crippen molar-refractivity contribution in [2.75, 3.05) is 0 Å². The summed E-state index contributed by atoms with van der Waals surface area (Å²) in [4.78, 5) is 12.6. The molecule has 3 nitrogen and oxygen atoms in total. The summed E-state index contributed by atoms with van der Waals surface area (Å²) in [7, 11) is 0. The molecule has 3 heteroatoms. The van der Waals surface area contributed by atoms with Gasteiger partial charge in [-0.25, -0.2) is 0 Å². The van der Waals surface area contributed by atoms with Gasteiger partial charge in [-0.15, -0.1) is 0 Å². The molecule has 5 aliphatic rings. The van der Waals surface area contributed by atoms with Gasteiger partial charge in [0.25, 0.3) is 0 Å². The Morgan fingerprint density at radius 3 is 2.64 bits per heavy atom. The van der Waals surface area contributed by atoms with E-state index in [1.807, 2.05) is 0 Å².